The maximum absolute atomic E-state index is 6.31. The Morgan fingerprint density at radius 2 is 2.00 bits per heavy atom. The first-order valence-electron chi connectivity index (χ1n) is 7.56. The van der Waals surface area contributed by atoms with Gasteiger partial charge in [-0.2, -0.15) is 0 Å². The highest BCUT2D eigenvalue weighted by Crippen LogP contribution is 2.34. The second-order valence-corrected chi connectivity index (χ2v) is 5.53. The third-order valence-electron chi connectivity index (χ3n) is 4.08. The molecule has 2 N–H and O–H groups in total. The van der Waals surface area contributed by atoms with Crippen LogP contribution in [0.25, 0.3) is 0 Å². The molecule has 0 aromatic carbocycles. The van der Waals surface area contributed by atoms with E-state index in [0.717, 1.165) is 30.2 Å². The molecule has 0 saturated heterocycles. The van der Waals surface area contributed by atoms with Gasteiger partial charge in [0.1, 0.15) is 11.6 Å². The molecular formula is C16H25N3. The number of imidazole rings is 1. The molecule has 1 heterocycles. The summed E-state index contributed by atoms with van der Waals surface area (Å²) in [6.45, 7) is 2.71. The first kappa shape index (κ1) is 14.0. The molecule has 3 nitrogen and oxygen atoms in total. The van der Waals surface area contributed by atoms with Crippen LogP contribution in [0, 0.1) is 12.3 Å². The van der Waals surface area contributed by atoms with Crippen molar-refractivity contribution < 1.29 is 0 Å². The number of nitrogen functional groups attached to an aromatic ring is 1. The van der Waals surface area contributed by atoms with Crippen molar-refractivity contribution in [2.24, 2.45) is 0 Å². The van der Waals surface area contributed by atoms with Crippen LogP contribution >= 0.6 is 0 Å². The Bertz CT molecular complexity index is 445. The fourth-order valence-corrected chi connectivity index (χ4v) is 3.07. The van der Waals surface area contributed by atoms with Gasteiger partial charge in [0, 0.05) is 12.3 Å². The number of rotatable bonds is 4. The van der Waals surface area contributed by atoms with Crippen molar-refractivity contribution in [1.82, 2.24) is 9.55 Å². The zero-order chi connectivity index (χ0) is 13.7. The maximum atomic E-state index is 6.31. The lowest BCUT2D eigenvalue weighted by atomic mass is 9.96. The molecule has 0 atom stereocenters. The van der Waals surface area contributed by atoms with Gasteiger partial charge >= 0.3 is 0 Å². The summed E-state index contributed by atoms with van der Waals surface area (Å²) < 4.78 is 2.03. The highest BCUT2D eigenvalue weighted by molar-refractivity contribution is 5.41. The van der Waals surface area contributed by atoms with Crippen LogP contribution in [-0.4, -0.2) is 9.55 Å². The summed E-state index contributed by atoms with van der Waals surface area (Å²) >= 11 is 0. The van der Waals surface area contributed by atoms with E-state index in [0.29, 0.717) is 12.5 Å². The largest absolute Gasteiger partial charge is 0.384 e. The fourth-order valence-electron chi connectivity index (χ4n) is 3.07. The number of aromatic nitrogens is 2. The van der Waals surface area contributed by atoms with Crippen LogP contribution in [0.5, 0.6) is 0 Å². The zero-order valence-electron chi connectivity index (χ0n) is 12.0. The van der Waals surface area contributed by atoms with Gasteiger partial charge in [0.15, 0.2) is 0 Å². The molecule has 0 bridgehead atoms. The number of nitrogens with zero attached hydrogens (tertiary/aromatic N) is 2. The molecule has 0 radical (unpaired) electrons. The van der Waals surface area contributed by atoms with Crippen molar-refractivity contribution in [1.29, 1.82) is 0 Å². The molecular weight excluding hydrogens is 234 g/mol. The van der Waals surface area contributed by atoms with E-state index in [1.165, 1.54) is 38.5 Å². The molecule has 1 aliphatic rings. The summed E-state index contributed by atoms with van der Waals surface area (Å²) in [6.07, 6.45) is 15.2. The third kappa shape index (κ3) is 3.12. The van der Waals surface area contributed by atoms with Gasteiger partial charge in [0.05, 0.1) is 12.2 Å². The van der Waals surface area contributed by atoms with Crippen LogP contribution in [0.1, 0.15) is 69.3 Å². The Morgan fingerprint density at radius 3 is 2.58 bits per heavy atom. The highest BCUT2D eigenvalue weighted by Gasteiger charge is 2.22. The number of terminal acetylenes is 1. The van der Waals surface area contributed by atoms with Crippen LogP contribution in [0.2, 0.25) is 0 Å². The molecule has 0 aliphatic heterocycles. The van der Waals surface area contributed by atoms with Crippen LogP contribution in [0.3, 0.4) is 0 Å². The smallest absolute Gasteiger partial charge is 0.127 e. The SMILES string of the molecule is C#CCn1c(CCC)nc(C2CCCCCC2)c1N. The van der Waals surface area contributed by atoms with Gasteiger partial charge in [-0.1, -0.05) is 38.5 Å². The Labute approximate surface area is 116 Å². The van der Waals surface area contributed by atoms with Crippen molar-refractivity contribution in [3.8, 4) is 12.3 Å². The van der Waals surface area contributed by atoms with Crippen molar-refractivity contribution in [2.45, 2.75) is 70.8 Å². The van der Waals surface area contributed by atoms with E-state index < -0.39 is 0 Å². The van der Waals surface area contributed by atoms with Gasteiger partial charge in [0.2, 0.25) is 0 Å². The lowest BCUT2D eigenvalue weighted by molar-refractivity contribution is 0.580. The topological polar surface area (TPSA) is 43.8 Å². The molecule has 1 aliphatic carbocycles. The average Bonchev–Trinajstić information content (AvgIpc) is 2.62. The van der Waals surface area contributed by atoms with Crippen LogP contribution in [0.4, 0.5) is 5.82 Å². The van der Waals surface area contributed by atoms with Gasteiger partial charge in [0.25, 0.3) is 0 Å². The number of nitrogens with two attached hydrogens (primary N) is 1. The fraction of sp³-hybridized carbons (Fsp3) is 0.688. The highest BCUT2D eigenvalue weighted by atomic mass is 15.1. The second-order valence-electron chi connectivity index (χ2n) is 5.53. The predicted octanol–water partition coefficient (Wildman–Crippen LogP) is 3.49. The van der Waals surface area contributed by atoms with Gasteiger partial charge in [-0.15, -0.1) is 6.42 Å². The molecule has 0 amide bonds. The maximum Gasteiger partial charge on any atom is 0.127 e. The van der Waals surface area contributed by atoms with E-state index in [9.17, 15) is 0 Å². The first-order valence-corrected chi connectivity index (χ1v) is 7.56. The van der Waals surface area contributed by atoms with Gasteiger partial charge < -0.3 is 10.3 Å². The van der Waals surface area contributed by atoms with Gasteiger partial charge in [-0.25, -0.2) is 4.98 Å². The lowest BCUT2D eigenvalue weighted by Crippen LogP contribution is -2.07. The van der Waals surface area contributed by atoms with Crippen molar-refractivity contribution in [2.75, 3.05) is 5.73 Å². The number of hydrogen-bond donors (Lipinski definition) is 1. The van der Waals surface area contributed by atoms with Crippen molar-refractivity contribution in [3.63, 3.8) is 0 Å². The Morgan fingerprint density at radius 1 is 1.32 bits per heavy atom. The Kier molecular flexibility index (Phi) is 4.90. The molecule has 104 valence electrons. The first-order chi connectivity index (χ1) is 9.27. The van der Waals surface area contributed by atoms with Crippen molar-refractivity contribution >= 4 is 5.82 Å². The molecule has 1 saturated carbocycles. The van der Waals surface area contributed by atoms with E-state index >= 15 is 0 Å². The Hall–Kier alpha value is -1.43. The summed E-state index contributed by atoms with van der Waals surface area (Å²) in [6, 6.07) is 0. The average molecular weight is 259 g/mol. The van der Waals surface area contributed by atoms with Crippen molar-refractivity contribution in [3.05, 3.63) is 11.5 Å². The standard InChI is InChI=1S/C16H25N3/c1-3-9-14-18-15(16(17)19(14)12-4-2)13-10-7-5-6-8-11-13/h2,13H,3,5-12,17H2,1H3. The summed E-state index contributed by atoms with van der Waals surface area (Å²) in [7, 11) is 0. The summed E-state index contributed by atoms with van der Waals surface area (Å²) in [5.74, 6) is 5.11. The lowest BCUT2D eigenvalue weighted by Gasteiger charge is -2.12. The minimum absolute atomic E-state index is 0.539. The molecule has 1 fully saturated rings. The molecule has 3 heteroatoms. The van der Waals surface area contributed by atoms with E-state index in [4.69, 9.17) is 17.1 Å². The number of anilines is 1. The molecule has 0 spiro atoms. The molecule has 19 heavy (non-hydrogen) atoms. The number of aryl methyl sites for hydroxylation is 1. The van der Waals surface area contributed by atoms with Crippen LogP contribution in [-0.2, 0) is 13.0 Å². The minimum Gasteiger partial charge on any atom is -0.384 e. The van der Waals surface area contributed by atoms with E-state index in [2.05, 4.69) is 12.8 Å². The number of hydrogen-bond acceptors (Lipinski definition) is 2. The van der Waals surface area contributed by atoms with E-state index in [1.807, 2.05) is 4.57 Å². The zero-order valence-corrected chi connectivity index (χ0v) is 12.0. The predicted molar refractivity (Wildman–Crippen MR) is 79.9 cm³/mol. The van der Waals surface area contributed by atoms with Crippen LogP contribution in [0.15, 0.2) is 0 Å². The Balaban J connectivity index is 2.29. The van der Waals surface area contributed by atoms with Gasteiger partial charge in [-0.05, 0) is 19.3 Å². The second kappa shape index (κ2) is 6.65. The summed E-state index contributed by atoms with van der Waals surface area (Å²) in [5, 5.41) is 0. The molecule has 0 unspecified atom stereocenters. The third-order valence-corrected chi connectivity index (χ3v) is 4.08. The molecule has 2 rings (SSSR count). The van der Waals surface area contributed by atoms with E-state index in [-0.39, 0.29) is 0 Å². The minimum atomic E-state index is 0.539. The van der Waals surface area contributed by atoms with Gasteiger partial charge in [-0.3, -0.25) is 0 Å². The van der Waals surface area contributed by atoms with Crippen LogP contribution < -0.4 is 5.73 Å². The monoisotopic (exact) mass is 259 g/mol. The van der Waals surface area contributed by atoms with E-state index in [1.54, 1.807) is 0 Å². The molecule has 1 aromatic rings. The molecule has 1 aromatic heterocycles. The normalized spacial score (nSPS) is 17.1. The quantitative estimate of drug-likeness (QED) is 0.664. The summed E-state index contributed by atoms with van der Waals surface area (Å²) in [4.78, 5) is 4.83. The summed E-state index contributed by atoms with van der Waals surface area (Å²) in [5.41, 5.74) is 7.42.